The minimum absolute atomic E-state index is 0.304. The number of carbonyl (C=O) groups is 2. The number of hydrogen-bond acceptors (Lipinski definition) is 3. The third kappa shape index (κ3) is 3.11. The van der Waals surface area contributed by atoms with E-state index >= 15 is 0 Å². The second-order valence-corrected chi connectivity index (χ2v) is 5.32. The molecule has 0 aliphatic carbocycles. The van der Waals surface area contributed by atoms with E-state index in [1.807, 2.05) is 49.4 Å². The molecule has 1 aliphatic rings. The van der Waals surface area contributed by atoms with Crippen LogP contribution >= 0.6 is 0 Å². The summed E-state index contributed by atoms with van der Waals surface area (Å²) in [7, 11) is 0. The first-order valence-electron chi connectivity index (χ1n) is 7.18. The van der Waals surface area contributed by atoms with Gasteiger partial charge in [0.1, 0.15) is 12.3 Å². The minimum Gasteiger partial charge on any atom is -0.480 e. The highest BCUT2D eigenvalue weighted by atomic mass is 16.5. The summed E-state index contributed by atoms with van der Waals surface area (Å²) < 4.78 is 5.93. The van der Waals surface area contributed by atoms with Crippen molar-refractivity contribution < 1.29 is 19.4 Å². The Bertz CT molecular complexity index is 773. The van der Waals surface area contributed by atoms with Crippen LogP contribution in [0.15, 0.2) is 42.5 Å². The summed E-state index contributed by atoms with van der Waals surface area (Å²) >= 11 is 0. The van der Waals surface area contributed by atoms with E-state index < -0.39 is 18.5 Å². The van der Waals surface area contributed by atoms with Gasteiger partial charge in [-0.2, -0.15) is 0 Å². The van der Waals surface area contributed by atoms with Gasteiger partial charge in [0.05, 0.1) is 12.2 Å². The number of hydrogen-bond donors (Lipinski definition) is 2. The first-order chi connectivity index (χ1) is 11.0. The number of carbonyl (C=O) groups excluding carboxylic acids is 1. The molecule has 0 atom stereocenters. The van der Waals surface area contributed by atoms with Crippen LogP contribution in [0, 0.1) is 6.92 Å². The van der Waals surface area contributed by atoms with Crippen molar-refractivity contribution in [3.63, 3.8) is 0 Å². The number of anilines is 1. The second kappa shape index (κ2) is 6.00. The maximum Gasteiger partial charge on any atom is 0.323 e. The second-order valence-electron chi connectivity index (χ2n) is 5.32. The van der Waals surface area contributed by atoms with E-state index in [1.54, 1.807) is 0 Å². The molecule has 0 radical (unpaired) electrons. The molecule has 2 amide bonds. The van der Waals surface area contributed by atoms with Gasteiger partial charge in [0.25, 0.3) is 0 Å². The molecule has 6 heteroatoms. The molecule has 0 bridgehead atoms. The fourth-order valence-electron chi connectivity index (χ4n) is 2.46. The third-order valence-corrected chi connectivity index (χ3v) is 3.56. The predicted octanol–water partition coefficient (Wildman–Crippen LogP) is 2.90. The van der Waals surface area contributed by atoms with Crippen LogP contribution in [0.4, 0.5) is 10.5 Å². The Morgan fingerprint density at radius 1 is 1.22 bits per heavy atom. The Balaban J connectivity index is 2.01. The fraction of sp³-hybridized carbons (Fsp3) is 0.176. The van der Waals surface area contributed by atoms with E-state index in [-0.39, 0.29) is 0 Å². The van der Waals surface area contributed by atoms with E-state index in [1.165, 1.54) is 4.90 Å². The maximum atomic E-state index is 12.4. The fourth-order valence-corrected chi connectivity index (χ4v) is 2.46. The van der Waals surface area contributed by atoms with Crippen molar-refractivity contribution >= 4 is 17.7 Å². The molecule has 6 nitrogen and oxygen atoms in total. The Hall–Kier alpha value is -3.02. The summed E-state index contributed by atoms with van der Waals surface area (Å²) in [4.78, 5) is 24.6. The van der Waals surface area contributed by atoms with Crippen LogP contribution in [-0.4, -0.2) is 23.7 Å². The topological polar surface area (TPSA) is 78.9 Å². The van der Waals surface area contributed by atoms with E-state index in [0.29, 0.717) is 23.7 Å². The van der Waals surface area contributed by atoms with Gasteiger partial charge < -0.3 is 15.2 Å². The Labute approximate surface area is 133 Å². The molecule has 2 N–H and O–H groups in total. The SMILES string of the molecule is Cc1ccc2c(c1)N(C(=O)NCC(=O)O)Cc1ccccc1O2. The van der Waals surface area contributed by atoms with Crippen molar-refractivity contribution in [1.82, 2.24) is 5.32 Å². The van der Waals surface area contributed by atoms with Crippen LogP contribution in [0.3, 0.4) is 0 Å². The lowest BCUT2D eigenvalue weighted by Crippen LogP contribution is -2.41. The van der Waals surface area contributed by atoms with E-state index in [4.69, 9.17) is 9.84 Å². The molecule has 0 spiro atoms. The first kappa shape index (κ1) is 14.9. The van der Waals surface area contributed by atoms with E-state index in [2.05, 4.69) is 5.32 Å². The highest BCUT2D eigenvalue weighted by Crippen LogP contribution is 2.39. The van der Waals surface area contributed by atoms with Crippen LogP contribution in [0.1, 0.15) is 11.1 Å². The number of rotatable bonds is 2. The molecule has 2 aromatic carbocycles. The average Bonchev–Trinajstić information content (AvgIpc) is 2.69. The average molecular weight is 312 g/mol. The van der Waals surface area contributed by atoms with Gasteiger partial charge in [-0.25, -0.2) is 4.79 Å². The van der Waals surface area contributed by atoms with Crippen molar-refractivity contribution in [2.75, 3.05) is 11.4 Å². The van der Waals surface area contributed by atoms with Crippen molar-refractivity contribution in [2.45, 2.75) is 13.5 Å². The van der Waals surface area contributed by atoms with Gasteiger partial charge >= 0.3 is 12.0 Å². The molecule has 23 heavy (non-hydrogen) atoms. The van der Waals surface area contributed by atoms with Gasteiger partial charge in [0, 0.05) is 5.56 Å². The zero-order valence-corrected chi connectivity index (χ0v) is 12.6. The maximum absolute atomic E-state index is 12.4. The summed E-state index contributed by atoms with van der Waals surface area (Å²) in [5.74, 6) is 0.159. The van der Waals surface area contributed by atoms with Gasteiger partial charge in [-0.1, -0.05) is 24.3 Å². The number of aliphatic carboxylic acids is 1. The zero-order valence-electron chi connectivity index (χ0n) is 12.6. The largest absolute Gasteiger partial charge is 0.480 e. The predicted molar refractivity (Wildman–Crippen MR) is 84.9 cm³/mol. The highest BCUT2D eigenvalue weighted by Gasteiger charge is 2.25. The lowest BCUT2D eigenvalue weighted by Gasteiger charge is -2.22. The molecule has 0 saturated heterocycles. The van der Waals surface area contributed by atoms with Gasteiger partial charge in [-0.05, 0) is 30.7 Å². The van der Waals surface area contributed by atoms with Gasteiger partial charge in [0.2, 0.25) is 0 Å². The number of benzene rings is 2. The van der Waals surface area contributed by atoms with Gasteiger partial charge in [0.15, 0.2) is 5.75 Å². The summed E-state index contributed by atoms with van der Waals surface area (Å²) in [6, 6.07) is 12.6. The van der Waals surface area contributed by atoms with E-state index in [0.717, 1.165) is 11.1 Å². The van der Waals surface area contributed by atoms with Crippen molar-refractivity contribution in [3.8, 4) is 11.5 Å². The number of nitrogens with zero attached hydrogens (tertiary/aromatic N) is 1. The molecule has 3 rings (SSSR count). The first-order valence-corrected chi connectivity index (χ1v) is 7.18. The summed E-state index contributed by atoms with van der Waals surface area (Å²) in [5, 5.41) is 11.2. The van der Waals surface area contributed by atoms with Crippen LogP contribution in [0.2, 0.25) is 0 Å². The Kier molecular flexibility index (Phi) is 3.89. The minimum atomic E-state index is -1.09. The Morgan fingerprint density at radius 2 is 2.00 bits per heavy atom. The molecular formula is C17H16N2O4. The lowest BCUT2D eigenvalue weighted by atomic mass is 10.1. The quantitative estimate of drug-likeness (QED) is 0.893. The van der Waals surface area contributed by atoms with Crippen LogP contribution in [0.5, 0.6) is 11.5 Å². The number of para-hydroxylation sites is 1. The summed E-state index contributed by atoms with van der Waals surface area (Å²) in [6.07, 6.45) is 0. The number of carboxylic acid groups (broad SMARTS) is 1. The van der Waals surface area contributed by atoms with Crippen molar-refractivity contribution in [2.24, 2.45) is 0 Å². The summed E-state index contributed by atoms with van der Waals surface area (Å²) in [5.41, 5.74) is 2.45. The number of carboxylic acids is 1. The van der Waals surface area contributed by atoms with Gasteiger partial charge in [-0.3, -0.25) is 9.69 Å². The molecular weight excluding hydrogens is 296 g/mol. The van der Waals surface area contributed by atoms with Crippen LogP contribution in [0.25, 0.3) is 0 Å². The normalized spacial score (nSPS) is 12.5. The molecule has 2 aromatic rings. The van der Waals surface area contributed by atoms with Crippen molar-refractivity contribution in [3.05, 3.63) is 53.6 Å². The molecule has 0 saturated carbocycles. The molecule has 0 unspecified atom stereocenters. The van der Waals surface area contributed by atoms with E-state index in [9.17, 15) is 9.59 Å². The number of ether oxygens (including phenoxy) is 1. The smallest absolute Gasteiger partial charge is 0.323 e. The number of nitrogens with one attached hydrogen (secondary N) is 1. The standard InChI is InChI=1S/C17H16N2O4/c1-11-6-7-15-13(8-11)19(17(22)18-9-16(20)21)10-12-4-2-3-5-14(12)23-15/h2-8H,9-10H2,1H3,(H,18,22)(H,20,21). The number of urea groups is 1. The number of fused-ring (bicyclic) bond motifs is 2. The zero-order chi connectivity index (χ0) is 16.4. The molecule has 1 heterocycles. The third-order valence-electron chi connectivity index (χ3n) is 3.56. The molecule has 0 aromatic heterocycles. The van der Waals surface area contributed by atoms with Gasteiger partial charge in [-0.15, -0.1) is 0 Å². The summed E-state index contributed by atoms with van der Waals surface area (Å²) in [6.45, 7) is 1.79. The Morgan fingerprint density at radius 3 is 2.78 bits per heavy atom. The number of amides is 2. The monoisotopic (exact) mass is 312 g/mol. The van der Waals surface area contributed by atoms with Crippen LogP contribution in [-0.2, 0) is 11.3 Å². The highest BCUT2D eigenvalue weighted by molar-refractivity contribution is 5.95. The lowest BCUT2D eigenvalue weighted by molar-refractivity contribution is -0.135. The molecule has 118 valence electrons. The molecule has 0 fully saturated rings. The molecule has 1 aliphatic heterocycles. The van der Waals surface area contributed by atoms with Crippen molar-refractivity contribution in [1.29, 1.82) is 0 Å². The number of aryl methyl sites for hydroxylation is 1. The van der Waals surface area contributed by atoms with Crippen LogP contribution < -0.4 is 15.0 Å².